The molecular weight excluding hydrogens is 427 g/mol. The average Bonchev–Trinajstić information content (AvgIpc) is 2.38. The molecule has 0 aromatic heterocycles. The molecule has 3 nitrogen and oxygen atoms in total. The molecule has 0 bridgehead atoms. The minimum absolute atomic E-state index is 0.0907. The maximum absolute atomic E-state index is 5.81. The van der Waals surface area contributed by atoms with Gasteiger partial charge in [-0.1, -0.05) is 41.5 Å². The zero-order chi connectivity index (χ0) is 19.0. The van der Waals surface area contributed by atoms with Crippen molar-refractivity contribution in [3.05, 3.63) is 37.8 Å². The average molecular weight is 451 g/mol. The van der Waals surface area contributed by atoms with Gasteiger partial charge in [-0.25, -0.2) is 0 Å². The van der Waals surface area contributed by atoms with Gasteiger partial charge in [0.05, 0.1) is 0 Å². The Morgan fingerprint density at radius 1 is 0.875 bits per heavy atom. The molecule has 0 spiro atoms. The molecule has 0 amide bonds. The second-order valence-corrected chi connectivity index (χ2v) is 9.42. The van der Waals surface area contributed by atoms with E-state index in [0.29, 0.717) is 20.8 Å². The summed E-state index contributed by atoms with van der Waals surface area (Å²) in [6.45, 7) is 14.4. The number of hydrogen-bond acceptors (Lipinski definition) is 1. The van der Waals surface area contributed by atoms with E-state index in [1.54, 1.807) is 12.1 Å². The van der Waals surface area contributed by atoms with Crippen molar-refractivity contribution in [1.29, 1.82) is 0 Å². The first-order chi connectivity index (χ1) is 10.9. The first-order valence-electron chi connectivity index (χ1n) is 7.39. The number of halogens is 4. The van der Waals surface area contributed by atoms with E-state index in [1.165, 1.54) is 0 Å². The van der Waals surface area contributed by atoms with Crippen LogP contribution in [0.2, 0.25) is 15.1 Å². The zero-order valence-electron chi connectivity index (χ0n) is 14.9. The molecule has 0 atom stereocenters. The van der Waals surface area contributed by atoms with Crippen molar-refractivity contribution >= 4 is 50.3 Å². The standard InChI is InChI=1S/C10H22N2.C6H2Cl3N.ClH.V/c1-9(2,3)11-7-8-12-10(4,5)6;7-3-1-4(8)6(10)5(9)2-3;;/h7-8H2,1-6H3;1-2H;1H;/q-2;;;+1/p-1. The molecule has 1 aromatic rings. The Hall–Kier alpha value is 0.684. The van der Waals surface area contributed by atoms with Crippen molar-refractivity contribution in [2.24, 2.45) is 3.79 Å². The van der Waals surface area contributed by atoms with Crippen molar-refractivity contribution in [2.75, 3.05) is 13.1 Å². The van der Waals surface area contributed by atoms with Crippen LogP contribution in [0.4, 0.5) is 5.69 Å². The second kappa shape index (κ2) is 11.4. The van der Waals surface area contributed by atoms with Crippen LogP contribution in [0.15, 0.2) is 15.9 Å². The van der Waals surface area contributed by atoms with Crippen LogP contribution in [0.5, 0.6) is 0 Å². The Labute approximate surface area is 172 Å². The van der Waals surface area contributed by atoms with E-state index >= 15 is 0 Å². The van der Waals surface area contributed by atoms with Gasteiger partial charge in [0.15, 0.2) is 0 Å². The molecule has 0 radical (unpaired) electrons. The molecule has 8 heteroatoms. The number of benzene rings is 1. The number of hydrogen-bond donors (Lipinski definition) is 0. The van der Waals surface area contributed by atoms with Crippen LogP contribution in [-0.2, 0) is 15.1 Å². The second-order valence-electron chi connectivity index (χ2n) is 7.00. The van der Waals surface area contributed by atoms with Crippen LogP contribution in [0.3, 0.4) is 0 Å². The molecule has 0 aliphatic carbocycles. The van der Waals surface area contributed by atoms with E-state index in [-0.39, 0.29) is 11.1 Å². The van der Waals surface area contributed by atoms with Crippen LogP contribution in [0.25, 0.3) is 10.6 Å². The fourth-order valence-corrected chi connectivity index (χ4v) is 3.30. The van der Waals surface area contributed by atoms with Gasteiger partial charge in [0.2, 0.25) is 0 Å². The molecule has 1 aromatic carbocycles. The van der Waals surface area contributed by atoms with Crippen LogP contribution in [0.1, 0.15) is 41.5 Å². The summed E-state index contributed by atoms with van der Waals surface area (Å²) in [6, 6.07) is 3.17. The maximum atomic E-state index is 5.81. The zero-order valence-corrected chi connectivity index (χ0v) is 19.3. The van der Waals surface area contributed by atoms with E-state index in [4.69, 9.17) is 44.7 Å². The molecule has 0 N–H and O–H groups in total. The first kappa shape index (κ1) is 24.7. The van der Waals surface area contributed by atoms with Crippen LogP contribution >= 0.6 is 44.7 Å². The fourth-order valence-electron chi connectivity index (χ4n) is 1.44. The molecule has 24 heavy (non-hydrogen) atoms. The summed E-state index contributed by atoms with van der Waals surface area (Å²) in [4.78, 5) is 0. The fraction of sp³-hybridized carbons (Fsp3) is 0.625. The summed E-state index contributed by atoms with van der Waals surface area (Å²) >= 11 is 16.7. The van der Waals surface area contributed by atoms with Crippen LogP contribution in [-0.4, -0.2) is 24.2 Å². The Kier molecular flexibility index (Phi) is 11.7. The number of rotatable bonds is 4. The predicted octanol–water partition coefficient (Wildman–Crippen LogP) is 8.03. The van der Waals surface area contributed by atoms with Gasteiger partial charge in [0, 0.05) is 0 Å². The summed E-state index contributed by atoms with van der Waals surface area (Å²) in [5.41, 5.74) is 0.707. The van der Waals surface area contributed by atoms with Crippen LogP contribution < -0.4 is 0 Å². The third-order valence-corrected chi connectivity index (χ3v) is 3.93. The molecule has 138 valence electrons. The van der Waals surface area contributed by atoms with Gasteiger partial charge in [0.1, 0.15) is 0 Å². The summed E-state index contributed by atoms with van der Waals surface area (Å²) < 4.78 is 3.98. The molecule has 0 fully saturated rings. The summed E-state index contributed by atoms with van der Waals surface area (Å²) in [7, 11) is 5.50. The number of nitrogens with zero attached hydrogens (tertiary/aromatic N) is 3. The third kappa shape index (κ3) is 13.0. The molecule has 1 rings (SSSR count). The first-order valence-corrected chi connectivity index (χ1v) is 11.1. The topological polar surface area (TPSA) is 40.6 Å². The third-order valence-electron chi connectivity index (χ3n) is 2.39. The quantitative estimate of drug-likeness (QED) is 0.416. The molecule has 0 saturated carbocycles. The Balaban J connectivity index is 0.000000441. The summed E-state index contributed by atoms with van der Waals surface area (Å²) in [5, 5.41) is 10.3. The molecule has 0 unspecified atom stereocenters. The van der Waals surface area contributed by atoms with Crippen molar-refractivity contribution in [3.8, 4) is 0 Å². The van der Waals surface area contributed by atoms with Gasteiger partial charge < -0.3 is 10.6 Å². The van der Waals surface area contributed by atoms with E-state index in [0.717, 1.165) is 13.1 Å². The van der Waals surface area contributed by atoms with Gasteiger partial charge >= 0.3 is 96.5 Å². The van der Waals surface area contributed by atoms with Gasteiger partial charge in [0.25, 0.3) is 0 Å². The Morgan fingerprint density at radius 3 is 1.54 bits per heavy atom. The molecule has 0 heterocycles. The minimum atomic E-state index is -0.603. The summed E-state index contributed by atoms with van der Waals surface area (Å²) in [5.74, 6) is 0. The Morgan fingerprint density at radius 2 is 1.25 bits per heavy atom. The van der Waals surface area contributed by atoms with Crippen molar-refractivity contribution in [1.82, 2.24) is 0 Å². The van der Waals surface area contributed by atoms with E-state index in [1.807, 2.05) is 0 Å². The predicted molar refractivity (Wildman–Crippen MR) is 105 cm³/mol. The van der Waals surface area contributed by atoms with E-state index < -0.39 is 15.1 Å². The monoisotopic (exact) mass is 449 g/mol. The van der Waals surface area contributed by atoms with Gasteiger partial charge in [-0.15, -0.1) is 11.1 Å². The van der Waals surface area contributed by atoms with Crippen LogP contribution in [0, 0.1) is 0 Å². The van der Waals surface area contributed by atoms with Gasteiger partial charge in [-0.05, 0) is 0 Å². The normalized spacial score (nSPS) is 12.2. The van der Waals surface area contributed by atoms with Gasteiger partial charge in [-0.2, -0.15) is 13.1 Å². The van der Waals surface area contributed by atoms with E-state index in [9.17, 15) is 0 Å². The summed E-state index contributed by atoms with van der Waals surface area (Å²) in [6.07, 6.45) is 0. The van der Waals surface area contributed by atoms with Gasteiger partial charge in [-0.3, -0.25) is 0 Å². The SMILES string of the molecule is CC(C)(C)[N-]CC[N-]C(C)(C)C.[Cl][V]=[N]c1c(Cl)cc(Cl)cc1Cl. The molecular formula is C16H24Cl4N3V-2. The van der Waals surface area contributed by atoms with Crippen molar-refractivity contribution in [2.45, 2.75) is 52.6 Å². The molecule has 0 aliphatic heterocycles. The van der Waals surface area contributed by atoms with E-state index in [2.05, 4.69) is 56.0 Å². The van der Waals surface area contributed by atoms with Crippen molar-refractivity contribution < 1.29 is 15.1 Å². The Bertz CT molecular complexity index is 498. The molecule has 0 aliphatic rings. The van der Waals surface area contributed by atoms with Crippen molar-refractivity contribution in [3.63, 3.8) is 0 Å². The molecule has 0 saturated heterocycles.